The molecule has 2 aromatic rings. The highest BCUT2D eigenvalue weighted by atomic mass is 19.4. The van der Waals surface area contributed by atoms with Gasteiger partial charge in [0.2, 0.25) is 5.76 Å². The van der Waals surface area contributed by atoms with Crippen molar-refractivity contribution in [3.8, 4) is 0 Å². The zero-order valence-corrected chi connectivity index (χ0v) is 8.62. The summed E-state index contributed by atoms with van der Waals surface area (Å²) >= 11 is 0. The Bertz CT molecular complexity index is 685. The summed E-state index contributed by atoms with van der Waals surface area (Å²) in [6, 6.07) is 3.01. The van der Waals surface area contributed by atoms with E-state index in [9.17, 15) is 22.8 Å². The molecule has 1 aromatic carbocycles. The first-order valence-electron chi connectivity index (χ1n) is 4.67. The van der Waals surface area contributed by atoms with Gasteiger partial charge in [0.25, 0.3) is 0 Å². The van der Waals surface area contributed by atoms with Crippen LogP contribution < -0.4 is 5.43 Å². The highest BCUT2D eigenvalue weighted by Gasteiger charge is 2.31. The first-order chi connectivity index (χ1) is 8.29. The van der Waals surface area contributed by atoms with Crippen LogP contribution >= 0.6 is 0 Å². The summed E-state index contributed by atoms with van der Waals surface area (Å²) in [6.07, 6.45) is -4.59. The van der Waals surface area contributed by atoms with E-state index < -0.39 is 34.5 Å². The van der Waals surface area contributed by atoms with E-state index in [4.69, 9.17) is 9.52 Å². The lowest BCUT2D eigenvalue weighted by atomic mass is 10.1. The van der Waals surface area contributed by atoms with E-state index in [0.717, 1.165) is 18.2 Å². The summed E-state index contributed by atoms with van der Waals surface area (Å²) in [5.41, 5.74) is -2.13. The van der Waals surface area contributed by atoms with Crippen LogP contribution in [0.25, 0.3) is 11.0 Å². The summed E-state index contributed by atoms with van der Waals surface area (Å²) in [6.45, 7) is 0. The van der Waals surface area contributed by atoms with Crippen LogP contribution in [0.3, 0.4) is 0 Å². The van der Waals surface area contributed by atoms with Gasteiger partial charge in [0.1, 0.15) is 5.58 Å². The molecule has 94 valence electrons. The van der Waals surface area contributed by atoms with E-state index in [-0.39, 0.29) is 5.39 Å². The number of carbonyl (C=O) groups is 1. The Labute approximate surface area is 97.3 Å². The molecule has 4 nitrogen and oxygen atoms in total. The molecule has 0 saturated carbocycles. The van der Waals surface area contributed by atoms with Crippen molar-refractivity contribution in [2.45, 2.75) is 6.18 Å². The normalized spacial score (nSPS) is 11.7. The van der Waals surface area contributed by atoms with Crippen LogP contribution in [-0.4, -0.2) is 11.1 Å². The van der Waals surface area contributed by atoms with Crippen LogP contribution in [-0.2, 0) is 6.18 Å². The molecule has 0 aliphatic heterocycles. The highest BCUT2D eigenvalue weighted by Crippen LogP contribution is 2.30. The van der Waals surface area contributed by atoms with Gasteiger partial charge in [0.15, 0.2) is 5.43 Å². The lowest BCUT2D eigenvalue weighted by molar-refractivity contribution is -0.137. The second kappa shape index (κ2) is 3.86. The zero-order chi connectivity index (χ0) is 13.5. The fraction of sp³-hybridized carbons (Fsp3) is 0.0909. The number of fused-ring (bicyclic) bond motifs is 1. The monoisotopic (exact) mass is 258 g/mol. The van der Waals surface area contributed by atoms with E-state index in [1.165, 1.54) is 0 Å². The molecule has 0 aliphatic carbocycles. The predicted molar refractivity (Wildman–Crippen MR) is 54.4 cm³/mol. The number of aromatic carboxylic acids is 1. The van der Waals surface area contributed by atoms with Crippen molar-refractivity contribution in [3.63, 3.8) is 0 Å². The molecule has 0 atom stereocenters. The Morgan fingerprint density at radius 1 is 1.22 bits per heavy atom. The molecule has 0 saturated heterocycles. The Hall–Kier alpha value is -2.31. The summed E-state index contributed by atoms with van der Waals surface area (Å²) in [5.74, 6) is -2.22. The lowest BCUT2D eigenvalue weighted by Gasteiger charge is -2.07. The van der Waals surface area contributed by atoms with E-state index in [0.29, 0.717) is 6.07 Å². The molecule has 0 amide bonds. The van der Waals surface area contributed by atoms with Gasteiger partial charge >= 0.3 is 12.1 Å². The summed E-state index contributed by atoms with van der Waals surface area (Å²) in [5, 5.41) is 8.54. The number of halogens is 3. The number of carboxylic acids is 1. The molecular formula is C11H5F3O4. The van der Waals surface area contributed by atoms with Gasteiger partial charge in [0.05, 0.1) is 10.9 Å². The Balaban J connectivity index is 2.76. The van der Waals surface area contributed by atoms with Gasteiger partial charge < -0.3 is 9.52 Å². The average Bonchev–Trinajstić information content (AvgIpc) is 2.26. The van der Waals surface area contributed by atoms with Crippen molar-refractivity contribution in [2.75, 3.05) is 0 Å². The highest BCUT2D eigenvalue weighted by molar-refractivity contribution is 5.87. The fourth-order valence-electron chi connectivity index (χ4n) is 1.44. The maximum absolute atomic E-state index is 12.4. The van der Waals surface area contributed by atoms with E-state index in [1.54, 1.807) is 0 Å². The molecule has 0 unspecified atom stereocenters. The van der Waals surface area contributed by atoms with Crippen LogP contribution in [0, 0.1) is 0 Å². The zero-order valence-electron chi connectivity index (χ0n) is 8.62. The third-order valence-electron chi connectivity index (χ3n) is 2.27. The second-order valence-electron chi connectivity index (χ2n) is 3.49. The van der Waals surface area contributed by atoms with Crippen LogP contribution in [0.1, 0.15) is 16.1 Å². The van der Waals surface area contributed by atoms with Crippen LogP contribution in [0.2, 0.25) is 0 Å². The van der Waals surface area contributed by atoms with Gasteiger partial charge in [-0.3, -0.25) is 4.79 Å². The molecule has 0 radical (unpaired) electrons. The standard InChI is InChI=1S/C11H5F3O4/c12-11(13,14)5-1-2-6-7(15)4-9(10(16)17)18-8(6)3-5/h1-4H,(H,16,17). The number of hydrogen-bond donors (Lipinski definition) is 1. The van der Waals surface area contributed by atoms with Gasteiger partial charge in [-0.2, -0.15) is 13.2 Å². The molecular weight excluding hydrogens is 253 g/mol. The lowest BCUT2D eigenvalue weighted by Crippen LogP contribution is -2.09. The SMILES string of the molecule is O=C(O)c1cc(=O)c2ccc(C(F)(F)F)cc2o1. The Kier molecular flexibility index (Phi) is 2.61. The average molecular weight is 258 g/mol. The van der Waals surface area contributed by atoms with Gasteiger partial charge in [0, 0.05) is 6.07 Å². The predicted octanol–water partition coefficient (Wildman–Crippen LogP) is 2.51. The van der Waals surface area contributed by atoms with Gasteiger partial charge in [-0.05, 0) is 18.2 Å². The first kappa shape index (κ1) is 12.2. The topological polar surface area (TPSA) is 67.5 Å². The number of hydrogen-bond acceptors (Lipinski definition) is 3. The van der Waals surface area contributed by atoms with Gasteiger partial charge in [-0.25, -0.2) is 4.79 Å². The quantitative estimate of drug-likeness (QED) is 0.853. The smallest absolute Gasteiger partial charge is 0.416 e. The van der Waals surface area contributed by atoms with Crippen molar-refractivity contribution in [2.24, 2.45) is 0 Å². The number of alkyl halides is 3. The molecule has 1 N–H and O–H groups in total. The van der Waals surface area contributed by atoms with Crippen molar-refractivity contribution >= 4 is 16.9 Å². The van der Waals surface area contributed by atoms with Crippen molar-refractivity contribution in [1.29, 1.82) is 0 Å². The minimum atomic E-state index is -4.59. The molecule has 0 bridgehead atoms. The molecule has 7 heteroatoms. The van der Waals surface area contributed by atoms with Crippen LogP contribution in [0.5, 0.6) is 0 Å². The minimum absolute atomic E-state index is 0.104. The minimum Gasteiger partial charge on any atom is -0.475 e. The maximum atomic E-state index is 12.4. The summed E-state index contributed by atoms with van der Waals surface area (Å²) in [4.78, 5) is 22.1. The third kappa shape index (κ3) is 2.06. The number of rotatable bonds is 1. The molecule has 1 heterocycles. The summed E-state index contributed by atoms with van der Waals surface area (Å²) in [7, 11) is 0. The number of carboxylic acid groups (broad SMARTS) is 1. The number of benzene rings is 1. The van der Waals surface area contributed by atoms with Crippen molar-refractivity contribution in [1.82, 2.24) is 0 Å². The Morgan fingerprint density at radius 2 is 1.89 bits per heavy atom. The second-order valence-corrected chi connectivity index (χ2v) is 3.49. The molecule has 1 aromatic heterocycles. The van der Waals surface area contributed by atoms with Crippen molar-refractivity contribution < 1.29 is 27.5 Å². The van der Waals surface area contributed by atoms with Gasteiger partial charge in [-0.15, -0.1) is 0 Å². The van der Waals surface area contributed by atoms with Crippen LogP contribution in [0.4, 0.5) is 13.2 Å². The van der Waals surface area contributed by atoms with Gasteiger partial charge in [-0.1, -0.05) is 0 Å². The molecule has 18 heavy (non-hydrogen) atoms. The largest absolute Gasteiger partial charge is 0.475 e. The molecule has 0 spiro atoms. The maximum Gasteiger partial charge on any atom is 0.416 e. The summed E-state index contributed by atoms with van der Waals surface area (Å²) < 4.78 is 42.1. The van der Waals surface area contributed by atoms with Crippen LogP contribution in [0.15, 0.2) is 33.5 Å². The fourth-order valence-corrected chi connectivity index (χ4v) is 1.44. The molecule has 0 fully saturated rings. The first-order valence-corrected chi connectivity index (χ1v) is 4.67. The van der Waals surface area contributed by atoms with E-state index >= 15 is 0 Å². The van der Waals surface area contributed by atoms with E-state index in [1.807, 2.05) is 0 Å². The molecule has 0 aliphatic rings. The third-order valence-corrected chi connectivity index (χ3v) is 2.27. The Morgan fingerprint density at radius 3 is 2.44 bits per heavy atom. The molecule has 2 rings (SSSR count). The van der Waals surface area contributed by atoms with E-state index in [2.05, 4.69) is 0 Å². The van der Waals surface area contributed by atoms with Crippen molar-refractivity contribution in [3.05, 3.63) is 45.8 Å².